The van der Waals surface area contributed by atoms with Crippen LogP contribution in [0.2, 0.25) is 0 Å². The minimum atomic E-state index is 0.356. The Balaban J connectivity index is 1.41. The fourth-order valence-corrected chi connectivity index (χ4v) is 3.91. The summed E-state index contributed by atoms with van der Waals surface area (Å²) in [6, 6.07) is 1.95. The van der Waals surface area contributed by atoms with Crippen molar-refractivity contribution in [2.45, 2.75) is 38.6 Å². The van der Waals surface area contributed by atoms with Crippen molar-refractivity contribution < 1.29 is 8.94 Å². The fourth-order valence-electron chi connectivity index (χ4n) is 3.11. The first-order valence-electron chi connectivity index (χ1n) is 8.33. The van der Waals surface area contributed by atoms with Gasteiger partial charge in [-0.05, 0) is 25.5 Å². The summed E-state index contributed by atoms with van der Waals surface area (Å²) in [6.45, 7) is 4.95. The minimum Gasteiger partial charge on any atom is -0.472 e. The number of aromatic nitrogens is 3. The molecule has 3 aromatic heterocycles. The first-order valence-corrected chi connectivity index (χ1v) is 9.21. The molecule has 24 heavy (non-hydrogen) atoms. The number of rotatable bonds is 5. The highest BCUT2D eigenvalue weighted by Crippen LogP contribution is 2.28. The molecule has 4 rings (SSSR count). The van der Waals surface area contributed by atoms with Gasteiger partial charge in [-0.1, -0.05) is 12.1 Å². The average Bonchev–Trinajstić information content (AvgIpc) is 3.36. The van der Waals surface area contributed by atoms with Crippen LogP contribution in [0.5, 0.6) is 0 Å². The lowest BCUT2D eigenvalue weighted by molar-refractivity contribution is 0.193. The maximum Gasteiger partial charge on any atom is 0.226 e. The second-order valence-corrected chi connectivity index (χ2v) is 6.99. The van der Waals surface area contributed by atoms with Crippen LogP contribution in [0, 0.1) is 0 Å². The van der Waals surface area contributed by atoms with Gasteiger partial charge >= 0.3 is 0 Å². The molecule has 6 nitrogen and oxygen atoms in total. The van der Waals surface area contributed by atoms with Crippen LogP contribution in [0.25, 0.3) is 10.6 Å². The molecule has 1 unspecified atom stereocenters. The summed E-state index contributed by atoms with van der Waals surface area (Å²) < 4.78 is 10.4. The van der Waals surface area contributed by atoms with E-state index in [0.717, 1.165) is 66.9 Å². The van der Waals surface area contributed by atoms with Crippen molar-refractivity contribution in [2.75, 3.05) is 13.1 Å². The number of likely N-dealkylation sites (tertiary alicyclic amines) is 1. The van der Waals surface area contributed by atoms with Crippen LogP contribution >= 0.6 is 11.3 Å². The summed E-state index contributed by atoms with van der Waals surface area (Å²) in [5, 5.41) is 7.30. The smallest absolute Gasteiger partial charge is 0.226 e. The lowest BCUT2D eigenvalue weighted by Crippen LogP contribution is -2.34. The number of aryl methyl sites for hydroxylation is 1. The number of hydrogen-bond acceptors (Lipinski definition) is 7. The van der Waals surface area contributed by atoms with E-state index in [0.29, 0.717) is 5.92 Å². The summed E-state index contributed by atoms with van der Waals surface area (Å²) >= 11 is 1.66. The van der Waals surface area contributed by atoms with Crippen LogP contribution in [-0.2, 0) is 13.0 Å². The van der Waals surface area contributed by atoms with Crippen molar-refractivity contribution in [3.05, 3.63) is 41.4 Å². The molecule has 0 saturated carbocycles. The predicted molar refractivity (Wildman–Crippen MR) is 90.7 cm³/mol. The quantitative estimate of drug-likeness (QED) is 0.702. The van der Waals surface area contributed by atoms with Gasteiger partial charge < -0.3 is 8.94 Å². The molecule has 1 fully saturated rings. The van der Waals surface area contributed by atoms with E-state index in [1.54, 1.807) is 23.9 Å². The Bertz CT molecular complexity index is 780. The standard InChI is InChI=1S/C17H20N4O2S/c1-2-15-19-16(20-23-15)12-4-3-6-21(8-12)9-14-11-24-17(18-14)13-5-7-22-10-13/h5,7,10-12H,2-4,6,8-9H2,1H3. The third-order valence-corrected chi connectivity index (χ3v) is 5.30. The van der Waals surface area contributed by atoms with Crippen LogP contribution < -0.4 is 0 Å². The molecule has 4 heterocycles. The molecule has 126 valence electrons. The van der Waals surface area contributed by atoms with E-state index in [1.165, 1.54) is 0 Å². The topological polar surface area (TPSA) is 68.2 Å². The summed E-state index contributed by atoms with van der Waals surface area (Å²) in [6.07, 6.45) is 6.48. The summed E-state index contributed by atoms with van der Waals surface area (Å²) in [4.78, 5) is 11.7. The Hall–Kier alpha value is -1.99. The molecule has 0 amide bonds. The highest BCUT2D eigenvalue weighted by molar-refractivity contribution is 7.13. The van der Waals surface area contributed by atoms with Crippen molar-refractivity contribution in [2.24, 2.45) is 0 Å². The van der Waals surface area contributed by atoms with E-state index in [-0.39, 0.29) is 0 Å². The van der Waals surface area contributed by atoms with Crippen molar-refractivity contribution in [3.63, 3.8) is 0 Å². The maximum absolute atomic E-state index is 5.27. The van der Waals surface area contributed by atoms with Gasteiger partial charge in [0.25, 0.3) is 0 Å². The molecule has 0 spiro atoms. The average molecular weight is 344 g/mol. The van der Waals surface area contributed by atoms with E-state index >= 15 is 0 Å². The summed E-state index contributed by atoms with van der Waals surface area (Å²) in [7, 11) is 0. The first-order chi connectivity index (χ1) is 11.8. The van der Waals surface area contributed by atoms with E-state index in [2.05, 4.69) is 20.4 Å². The van der Waals surface area contributed by atoms with Gasteiger partial charge in [-0.15, -0.1) is 11.3 Å². The number of piperidine rings is 1. The zero-order valence-corrected chi connectivity index (χ0v) is 14.5. The molecule has 0 aliphatic carbocycles. The Morgan fingerprint density at radius 2 is 2.33 bits per heavy atom. The zero-order valence-electron chi connectivity index (χ0n) is 13.6. The van der Waals surface area contributed by atoms with Gasteiger partial charge in [0.1, 0.15) is 11.3 Å². The predicted octanol–water partition coefficient (Wildman–Crippen LogP) is 3.73. The normalized spacial score (nSPS) is 19.0. The van der Waals surface area contributed by atoms with Gasteiger partial charge in [-0.3, -0.25) is 4.90 Å². The largest absolute Gasteiger partial charge is 0.472 e. The molecule has 1 saturated heterocycles. The number of thiazole rings is 1. The van der Waals surface area contributed by atoms with Crippen LogP contribution in [0.4, 0.5) is 0 Å². The van der Waals surface area contributed by atoms with Gasteiger partial charge in [-0.2, -0.15) is 4.98 Å². The van der Waals surface area contributed by atoms with Crippen LogP contribution in [0.3, 0.4) is 0 Å². The molecule has 0 radical (unpaired) electrons. The van der Waals surface area contributed by atoms with E-state index in [4.69, 9.17) is 13.9 Å². The molecular formula is C17H20N4O2S. The second kappa shape index (κ2) is 6.86. The fraction of sp³-hybridized carbons (Fsp3) is 0.471. The third kappa shape index (κ3) is 3.27. The van der Waals surface area contributed by atoms with Crippen molar-refractivity contribution in [1.82, 2.24) is 20.0 Å². The molecule has 1 aliphatic heterocycles. The molecule has 0 aromatic carbocycles. The Labute approximate surface area is 144 Å². The lowest BCUT2D eigenvalue weighted by atomic mass is 9.97. The molecule has 0 N–H and O–H groups in total. The van der Waals surface area contributed by atoms with E-state index in [1.807, 2.05) is 13.0 Å². The number of nitrogens with zero attached hydrogens (tertiary/aromatic N) is 4. The second-order valence-electron chi connectivity index (χ2n) is 6.13. The molecule has 3 aromatic rings. The van der Waals surface area contributed by atoms with Crippen LogP contribution in [-0.4, -0.2) is 33.1 Å². The zero-order chi connectivity index (χ0) is 16.4. The monoisotopic (exact) mass is 344 g/mol. The van der Waals surface area contributed by atoms with E-state index < -0.39 is 0 Å². The third-order valence-electron chi connectivity index (χ3n) is 4.36. The minimum absolute atomic E-state index is 0.356. The SMILES string of the molecule is CCc1nc(C2CCCN(Cc3csc(-c4ccoc4)n3)C2)no1. The summed E-state index contributed by atoms with van der Waals surface area (Å²) in [5.41, 5.74) is 2.15. The Morgan fingerprint density at radius 3 is 3.12 bits per heavy atom. The lowest BCUT2D eigenvalue weighted by Gasteiger charge is -2.30. The Morgan fingerprint density at radius 1 is 1.38 bits per heavy atom. The number of furan rings is 1. The molecular weight excluding hydrogens is 324 g/mol. The van der Waals surface area contributed by atoms with Gasteiger partial charge in [0.2, 0.25) is 5.89 Å². The van der Waals surface area contributed by atoms with Crippen molar-refractivity contribution in [1.29, 1.82) is 0 Å². The van der Waals surface area contributed by atoms with E-state index in [9.17, 15) is 0 Å². The van der Waals surface area contributed by atoms with Gasteiger partial charge in [0, 0.05) is 36.4 Å². The molecule has 1 aliphatic rings. The van der Waals surface area contributed by atoms with Gasteiger partial charge in [0.15, 0.2) is 5.82 Å². The summed E-state index contributed by atoms with van der Waals surface area (Å²) in [5.74, 6) is 1.94. The highest BCUT2D eigenvalue weighted by Gasteiger charge is 2.25. The Kier molecular flexibility index (Phi) is 4.44. The van der Waals surface area contributed by atoms with Gasteiger partial charge in [-0.25, -0.2) is 4.98 Å². The van der Waals surface area contributed by atoms with Crippen LogP contribution in [0.15, 0.2) is 32.9 Å². The molecule has 7 heteroatoms. The van der Waals surface area contributed by atoms with Crippen molar-refractivity contribution in [3.8, 4) is 10.6 Å². The molecule has 0 bridgehead atoms. The highest BCUT2D eigenvalue weighted by atomic mass is 32.1. The number of hydrogen-bond donors (Lipinski definition) is 0. The van der Waals surface area contributed by atoms with Crippen LogP contribution in [0.1, 0.15) is 43.1 Å². The van der Waals surface area contributed by atoms with Crippen molar-refractivity contribution >= 4 is 11.3 Å². The molecule has 1 atom stereocenters. The van der Waals surface area contributed by atoms with Gasteiger partial charge in [0.05, 0.1) is 12.0 Å². The first kappa shape index (κ1) is 15.5. The maximum atomic E-state index is 5.27.